The molecule has 2 heteroatoms. The molecule has 3 aromatic rings. The summed E-state index contributed by atoms with van der Waals surface area (Å²) in [5.74, 6) is 0. The number of nitrogens with zero attached hydrogens (tertiary/aromatic N) is 1. The van der Waals surface area contributed by atoms with Gasteiger partial charge >= 0.3 is 0 Å². The van der Waals surface area contributed by atoms with Crippen molar-refractivity contribution in [2.75, 3.05) is 5.73 Å². The van der Waals surface area contributed by atoms with Gasteiger partial charge in [0.15, 0.2) is 0 Å². The molecule has 0 amide bonds. The van der Waals surface area contributed by atoms with Gasteiger partial charge in [-0.15, -0.1) is 0 Å². The number of hydrogen-bond donors (Lipinski definition) is 1. The highest BCUT2D eigenvalue weighted by Gasteiger charge is 2.16. The summed E-state index contributed by atoms with van der Waals surface area (Å²) >= 11 is 0. The number of nitrogens with two attached hydrogens (primary N) is 1. The molecule has 2 nitrogen and oxygen atoms in total. The fourth-order valence-electron chi connectivity index (χ4n) is 2.45. The largest absolute Gasteiger partial charge is 0.399 e. The second-order valence-corrected chi connectivity index (χ2v) is 4.78. The van der Waals surface area contributed by atoms with Gasteiger partial charge in [-0.1, -0.05) is 36.4 Å². The first-order chi connectivity index (χ1) is 9.84. The number of benzene rings is 2. The van der Waals surface area contributed by atoms with Crippen molar-refractivity contribution in [2.45, 2.75) is 6.42 Å². The number of anilines is 1. The summed E-state index contributed by atoms with van der Waals surface area (Å²) in [7, 11) is 0. The molecule has 0 saturated heterocycles. The lowest BCUT2D eigenvalue weighted by Gasteiger charge is -2.01. The van der Waals surface area contributed by atoms with E-state index in [1.54, 1.807) is 12.4 Å². The Hall–Kier alpha value is -2.61. The maximum atomic E-state index is 5.79. The number of hydrogen-bond acceptors (Lipinski definition) is 2. The van der Waals surface area contributed by atoms with E-state index < -0.39 is 0 Å². The number of pyridine rings is 1. The quantitative estimate of drug-likeness (QED) is 0.487. The average Bonchev–Trinajstić information content (AvgIpc) is 2.88. The number of nitrogen functional groups attached to an aromatic ring is 1. The molecule has 98 valence electrons. The third kappa shape index (κ3) is 2.54. The van der Waals surface area contributed by atoms with Crippen molar-refractivity contribution in [3.05, 3.63) is 84.2 Å². The summed E-state index contributed by atoms with van der Waals surface area (Å²) in [6, 6.07) is 20.4. The van der Waals surface area contributed by atoms with Crippen LogP contribution in [-0.4, -0.2) is 4.98 Å². The first kappa shape index (κ1) is 12.4. The highest BCUT2D eigenvalue weighted by molar-refractivity contribution is 5.78. The van der Waals surface area contributed by atoms with E-state index in [-0.39, 0.29) is 0 Å². The zero-order valence-electron chi connectivity index (χ0n) is 11.2. The molecule has 0 atom stereocenters. The molecule has 0 aliphatic heterocycles. The van der Waals surface area contributed by atoms with E-state index in [1.165, 1.54) is 22.3 Å². The lowest BCUT2D eigenvalue weighted by Crippen LogP contribution is -1.86. The Labute approximate surface area is 118 Å². The van der Waals surface area contributed by atoms with Gasteiger partial charge < -0.3 is 5.73 Å². The van der Waals surface area contributed by atoms with Gasteiger partial charge in [0.2, 0.25) is 0 Å². The van der Waals surface area contributed by atoms with Crippen LogP contribution in [0.1, 0.15) is 11.1 Å². The average molecular weight is 260 g/mol. The second-order valence-electron chi connectivity index (χ2n) is 4.78. The summed E-state index contributed by atoms with van der Waals surface area (Å²) in [6.45, 7) is 0. The van der Waals surface area contributed by atoms with Crippen LogP contribution in [-0.2, 0) is 6.42 Å². The van der Waals surface area contributed by atoms with Gasteiger partial charge in [-0.2, -0.15) is 0 Å². The van der Waals surface area contributed by atoms with Gasteiger partial charge in [0.1, 0.15) is 0 Å². The van der Waals surface area contributed by atoms with Crippen molar-refractivity contribution in [1.82, 2.24) is 4.98 Å². The molecular weight excluding hydrogens is 244 g/mol. The van der Waals surface area contributed by atoms with Crippen LogP contribution in [0.15, 0.2) is 73.1 Å². The Morgan fingerprint density at radius 1 is 0.750 bits per heavy atom. The van der Waals surface area contributed by atoms with Crippen LogP contribution in [0.4, 0.5) is 5.69 Å². The summed E-state index contributed by atoms with van der Waals surface area (Å²) < 4.78 is 0. The van der Waals surface area contributed by atoms with Crippen LogP contribution in [0.3, 0.4) is 0 Å². The fourth-order valence-corrected chi connectivity index (χ4v) is 2.45. The van der Waals surface area contributed by atoms with Crippen LogP contribution in [0.2, 0.25) is 0 Å². The molecule has 20 heavy (non-hydrogen) atoms. The maximum Gasteiger partial charge on any atom is 0.0320 e. The Kier molecular flexibility index (Phi) is 3.46. The van der Waals surface area contributed by atoms with Gasteiger partial charge in [-0.25, -0.2) is 0 Å². The molecule has 2 N–H and O–H groups in total. The van der Waals surface area contributed by atoms with Crippen LogP contribution < -0.4 is 5.73 Å². The molecule has 0 unspecified atom stereocenters. The number of rotatable bonds is 0. The Bertz CT molecular complexity index is 679. The van der Waals surface area contributed by atoms with Gasteiger partial charge in [-0.3, -0.25) is 4.98 Å². The highest BCUT2D eigenvalue weighted by atomic mass is 14.6. The predicted molar refractivity (Wildman–Crippen MR) is 83.3 cm³/mol. The van der Waals surface area contributed by atoms with Gasteiger partial charge in [0.25, 0.3) is 0 Å². The van der Waals surface area contributed by atoms with Crippen molar-refractivity contribution in [3.8, 4) is 11.1 Å². The Morgan fingerprint density at radius 3 is 2.20 bits per heavy atom. The van der Waals surface area contributed by atoms with E-state index in [4.69, 9.17) is 5.73 Å². The van der Waals surface area contributed by atoms with Crippen molar-refractivity contribution in [2.24, 2.45) is 0 Å². The fraction of sp³-hybridized carbons (Fsp3) is 0.0556. The minimum absolute atomic E-state index is 0.848. The van der Waals surface area contributed by atoms with Crippen LogP contribution in [0.25, 0.3) is 11.1 Å². The lowest BCUT2D eigenvalue weighted by molar-refractivity contribution is 1.26. The van der Waals surface area contributed by atoms with Crippen LogP contribution in [0.5, 0.6) is 0 Å². The van der Waals surface area contributed by atoms with E-state index in [2.05, 4.69) is 41.4 Å². The molecule has 0 spiro atoms. The van der Waals surface area contributed by atoms with Crippen LogP contribution in [0, 0.1) is 0 Å². The van der Waals surface area contributed by atoms with Gasteiger partial charge in [-0.05, 0) is 52.9 Å². The molecule has 1 heterocycles. The minimum atomic E-state index is 0.848. The molecule has 0 bridgehead atoms. The molecule has 0 saturated carbocycles. The molecule has 0 fully saturated rings. The maximum absolute atomic E-state index is 5.79. The number of fused-ring (bicyclic) bond motifs is 3. The summed E-state index contributed by atoms with van der Waals surface area (Å²) in [6.07, 6.45) is 4.55. The lowest BCUT2D eigenvalue weighted by atomic mass is 10.1. The number of aromatic nitrogens is 1. The zero-order valence-corrected chi connectivity index (χ0v) is 11.2. The molecule has 0 radical (unpaired) electrons. The zero-order chi connectivity index (χ0) is 13.8. The highest BCUT2D eigenvalue weighted by Crippen LogP contribution is 2.37. The van der Waals surface area contributed by atoms with E-state index >= 15 is 0 Å². The van der Waals surface area contributed by atoms with E-state index in [0.29, 0.717) is 0 Å². The first-order valence-electron chi connectivity index (χ1n) is 6.66. The third-order valence-electron chi connectivity index (χ3n) is 3.39. The molecule has 1 aliphatic carbocycles. The first-order valence-corrected chi connectivity index (χ1v) is 6.66. The molecule has 1 aromatic heterocycles. The van der Waals surface area contributed by atoms with Crippen molar-refractivity contribution < 1.29 is 0 Å². The van der Waals surface area contributed by atoms with Crippen LogP contribution >= 0.6 is 0 Å². The Balaban J connectivity index is 0.000000170. The van der Waals surface area contributed by atoms with Gasteiger partial charge in [0, 0.05) is 18.1 Å². The minimum Gasteiger partial charge on any atom is -0.399 e. The van der Waals surface area contributed by atoms with Crippen molar-refractivity contribution in [3.63, 3.8) is 0 Å². The molecular formula is C18H16N2. The normalized spacial score (nSPS) is 11.0. The van der Waals surface area contributed by atoms with Gasteiger partial charge in [0.05, 0.1) is 0 Å². The predicted octanol–water partition coefficient (Wildman–Crippen LogP) is 3.92. The Morgan fingerprint density at radius 2 is 1.50 bits per heavy atom. The van der Waals surface area contributed by atoms with Crippen molar-refractivity contribution >= 4 is 5.69 Å². The van der Waals surface area contributed by atoms with E-state index in [9.17, 15) is 0 Å². The molecule has 1 aliphatic rings. The standard InChI is InChI=1S/C13H11N.C5H5N/c14-11-6-5-10-7-9-3-1-2-4-12(9)13(10)8-11;1-2-4-6-5-3-1/h1-6,8H,7,14H2;1-5H. The summed E-state index contributed by atoms with van der Waals surface area (Å²) in [4.78, 5) is 3.78. The summed E-state index contributed by atoms with van der Waals surface area (Å²) in [5, 5.41) is 0. The van der Waals surface area contributed by atoms with E-state index in [0.717, 1.165) is 12.1 Å². The topological polar surface area (TPSA) is 38.9 Å². The SMILES string of the molecule is Nc1ccc2c(c1)-c1ccccc1C2.c1ccncc1. The van der Waals surface area contributed by atoms with Crippen molar-refractivity contribution in [1.29, 1.82) is 0 Å². The second kappa shape index (κ2) is 5.57. The third-order valence-corrected chi connectivity index (χ3v) is 3.39. The summed E-state index contributed by atoms with van der Waals surface area (Å²) in [5.41, 5.74) is 12.1. The molecule has 4 rings (SSSR count). The molecule has 2 aromatic carbocycles. The smallest absolute Gasteiger partial charge is 0.0320 e. The monoisotopic (exact) mass is 260 g/mol. The van der Waals surface area contributed by atoms with E-state index in [1.807, 2.05) is 24.3 Å².